The van der Waals surface area contributed by atoms with Gasteiger partial charge in [0.05, 0.1) is 35.7 Å². The quantitative estimate of drug-likeness (QED) is 0.754. The Hall–Kier alpha value is -1.02. The molecule has 0 saturated carbocycles. The molecule has 3 rings (SSSR count). The van der Waals surface area contributed by atoms with Gasteiger partial charge in [0, 0.05) is 18.3 Å². The number of hydrogen-bond donors (Lipinski definition) is 0. The molecule has 21 heavy (non-hydrogen) atoms. The van der Waals surface area contributed by atoms with Crippen molar-refractivity contribution in [2.45, 2.75) is 44.8 Å². The summed E-state index contributed by atoms with van der Waals surface area (Å²) in [6, 6.07) is 0. The summed E-state index contributed by atoms with van der Waals surface area (Å²) in [4.78, 5) is 8.90. The lowest BCUT2D eigenvalue weighted by atomic mass is 9.85. The van der Waals surface area contributed by atoms with E-state index in [1.54, 1.807) is 12.4 Å². The van der Waals surface area contributed by atoms with Crippen molar-refractivity contribution < 1.29 is 18.8 Å². The van der Waals surface area contributed by atoms with Crippen LogP contribution in [0.4, 0.5) is 0 Å². The fraction of sp³-hybridized carbons (Fsp3) is 0.714. The molecule has 7 heteroatoms. The van der Waals surface area contributed by atoms with Gasteiger partial charge in [-0.2, -0.15) is 0 Å². The largest absolute Gasteiger partial charge is 0.516 e. The Bertz CT molecular complexity index is 484. The summed E-state index contributed by atoms with van der Waals surface area (Å²) < 4.78 is 22.5. The second-order valence-electron chi connectivity index (χ2n) is 6.51. The monoisotopic (exact) mass is 292 g/mol. The maximum atomic E-state index is 5.96. The topological polar surface area (TPSA) is 62.7 Å². The summed E-state index contributed by atoms with van der Waals surface area (Å²) in [5.74, 6) is 0.138. The zero-order valence-corrected chi connectivity index (χ0v) is 13.0. The van der Waals surface area contributed by atoms with Crippen molar-refractivity contribution in [3.63, 3.8) is 0 Å². The van der Waals surface area contributed by atoms with Gasteiger partial charge in [-0.25, -0.2) is 0 Å². The first-order valence-electron chi connectivity index (χ1n) is 7.22. The van der Waals surface area contributed by atoms with Crippen molar-refractivity contribution >= 4 is 12.7 Å². The third kappa shape index (κ3) is 2.83. The fourth-order valence-electron chi connectivity index (χ4n) is 2.30. The molecular weight excluding hydrogens is 271 g/mol. The molecule has 0 atom stereocenters. The van der Waals surface area contributed by atoms with Gasteiger partial charge in [-0.15, -0.1) is 0 Å². The van der Waals surface area contributed by atoms with Gasteiger partial charge in [-0.3, -0.25) is 9.97 Å². The van der Waals surface area contributed by atoms with Crippen molar-refractivity contribution in [1.29, 1.82) is 0 Å². The Labute approximate surface area is 125 Å². The van der Waals surface area contributed by atoms with E-state index in [0.29, 0.717) is 25.6 Å². The molecule has 2 fully saturated rings. The highest BCUT2D eigenvalue weighted by Crippen LogP contribution is 2.36. The van der Waals surface area contributed by atoms with Crippen LogP contribution in [0.25, 0.3) is 0 Å². The smallest absolute Gasteiger partial charge is 0.398 e. The number of nitrogens with zero attached hydrogens (tertiary/aromatic N) is 2. The summed E-state index contributed by atoms with van der Waals surface area (Å²) in [7, 11) is -0.476. The maximum Gasteiger partial charge on any atom is 0.516 e. The van der Waals surface area contributed by atoms with Gasteiger partial charge in [0.25, 0.3) is 0 Å². The summed E-state index contributed by atoms with van der Waals surface area (Å²) in [5, 5.41) is 0. The van der Waals surface area contributed by atoms with E-state index in [0.717, 1.165) is 5.69 Å². The summed E-state index contributed by atoms with van der Waals surface area (Å²) in [6.07, 6.45) is 3.47. The van der Waals surface area contributed by atoms with Gasteiger partial charge in [0.2, 0.25) is 0 Å². The highest BCUT2D eigenvalue weighted by Gasteiger charge is 2.52. The minimum absolute atomic E-state index is 0.138. The molecule has 6 nitrogen and oxygen atoms in total. The van der Waals surface area contributed by atoms with Crippen LogP contribution in [0.1, 0.15) is 39.3 Å². The van der Waals surface area contributed by atoms with Crippen molar-refractivity contribution in [1.82, 2.24) is 9.97 Å². The van der Waals surface area contributed by atoms with Crippen LogP contribution >= 0.6 is 0 Å². The van der Waals surface area contributed by atoms with E-state index >= 15 is 0 Å². The molecule has 0 unspecified atom stereocenters. The summed E-state index contributed by atoms with van der Waals surface area (Å²) in [6.45, 7) is 9.67. The number of hydrogen-bond acceptors (Lipinski definition) is 6. The van der Waals surface area contributed by atoms with E-state index in [1.807, 2.05) is 27.7 Å². The first-order valence-corrected chi connectivity index (χ1v) is 7.22. The highest BCUT2D eigenvalue weighted by molar-refractivity contribution is 6.61. The molecule has 0 amide bonds. The second-order valence-corrected chi connectivity index (χ2v) is 6.51. The molecular formula is C14H21BN2O4. The van der Waals surface area contributed by atoms with Crippen LogP contribution in [0, 0.1) is 0 Å². The molecule has 0 N–H and O–H groups in total. The van der Waals surface area contributed by atoms with Crippen LogP contribution in [0.2, 0.25) is 0 Å². The Morgan fingerprint density at radius 3 is 2.14 bits per heavy atom. The average molecular weight is 292 g/mol. The number of ether oxygens (including phenoxy) is 2. The predicted molar refractivity (Wildman–Crippen MR) is 77.3 cm³/mol. The maximum absolute atomic E-state index is 5.96. The first kappa shape index (κ1) is 14.9. The van der Waals surface area contributed by atoms with Crippen molar-refractivity contribution in [2.24, 2.45) is 0 Å². The van der Waals surface area contributed by atoms with E-state index in [-0.39, 0.29) is 17.1 Å². The van der Waals surface area contributed by atoms with E-state index < -0.39 is 7.12 Å². The van der Waals surface area contributed by atoms with E-state index in [2.05, 4.69) is 9.97 Å². The second kappa shape index (κ2) is 5.32. The lowest BCUT2D eigenvalue weighted by molar-refractivity contribution is -0.108. The van der Waals surface area contributed by atoms with Gasteiger partial charge in [0.15, 0.2) is 0 Å². The van der Waals surface area contributed by atoms with Gasteiger partial charge in [0.1, 0.15) is 6.79 Å². The molecule has 2 saturated heterocycles. The molecule has 114 valence electrons. The Morgan fingerprint density at radius 1 is 1.00 bits per heavy atom. The van der Waals surface area contributed by atoms with Gasteiger partial charge in [-0.05, 0) is 27.7 Å². The molecule has 2 aliphatic rings. The molecule has 1 aromatic heterocycles. The van der Waals surface area contributed by atoms with Crippen LogP contribution in [0.15, 0.2) is 12.4 Å². The predicted octanol–water partition coefficient (Wildman–Crippen LogP) is 0.864. The molecule has 0 aromatic carbocycles. The minimum atomic E-state index is -0.476. The zero-order valence-electron chi connectivity index (χ0n) is 13.0. The van der Waals surface area contributed by atoms with Crippen molar-refractivity contribution in [3.8, 4) is 0 Å². The normalized spacial score (nSPS) is 25.2. The number of aromatic nitrogens is 2. The lowest BCUT2D eigenvalue weighted by Crippen LogP contribution is -2.41. The standard InChI is InChI=1S/C14H21BN2O4/c1-13(2)14(3,4)21-15(20-13)12-6-16-11(5-17-12)10-7-18-9-19-8-10/h5-6,10H,7-9H2,1-4H3. The fourth-order valence-corrected chi connectivity index (χ4v) is 2.30. The zero-order chi connectivity index (χ0) is 15.1. The van der Waals surface area contributed by atoms with E-state index in [4.69, 9.17) is 18.8 Å². The third-order valence-corrected chi connectivity index (χ3v) is 4.41. The van der Waals surface area contributed by atoms with Gasteiger partial charge in [-0.1, -0.05) is 0 Å². The summed E-state index contributed by atoms with van der Waals surface area (Å²) >= 11 is 0. The summed E-state index contributed by atoms with van der Waals surface area (Å²) in [5.41, 5.74) is 0.816. The molecule has 0 spiro atoms. The van der Waals surface area contributed by atoms with Crippen LogP contribution in [0.3, 0.4) is 0 Å². The molecule has 3 heterocycles. The Balaban J connectivity index is 1.73. The van der Waals surface area contributed by atoms with Crippen LogP contribution in [-0.2, 0) is 18.8 Å². The van der Waals surface area contributed by atoms with Gasteiger partial charge >= 0.3 is 7.12 Å². The van der Waals surface area contributed by atoms with Crippen LogP contribution < -0.4 is 5.59 Å². The van der Waals surface area contributed by atoms with E-state index in [9.17, 15) is 0 Å². The third-order valence-electron chi connectivity index (χ3n) is 4.41. The molecule has 1 aromatic rings. The molecule has 0 radical (unpaired) electrons. The average Bonchev–Trinajstić information content (AvgIpc) is 2.69. The van der Waals surface area contributed by atoms with Crippen molar-refractivity contribution in [3.05, 3.63) is 18.1 Å². The first-order chi connectivity index (χ1) is 9.89. The van der Waals surface area contributed by atoms with Gasteiger partial charge < -0.3 is 18.8 Å². The van der Waals surface area contributed by atoms with Crippen molar-refractivity contribution in [2.75, 3.05) is 20.0 Å². The highest BCUT2D eigenvalue weighted by atomic mass is 16.7. The Kier molecular flexibility index (Phi) is 3.77. The Morgan fingerprint density at radius 2 is 1.62 bits per heavy atom. The number of rotatable bonds is 2. The SMILES string of the molecule is CC1(C)OB(c2cnc(C3COCOC3)cn2)OC1(C)C. The van der Waals surface area contributed by atoms with Crippen LogP contribution in [0.5, 0.6) is 0 Å². The molecule has 0 bridgehead atoms. The molecule has 0 aliphatic carbocycles. The molecule has 2 aliphatic heterocycles. The minimum Gasteiger partial charge on any atom is -0.398 e. The lowest BCUT2D eigenvalue weighted by Gasteiger charge is -2.32. The van der Waals surface area contributed by atoms with Crippen LogP contribution in [-0.4, -0.2) is 48.3 Å². The van der Waals surface area contributed by atoms with E-state index in [1.165, 1.54) is 0 Å².